The maximum absolute atomic E-state index is 12.1. The second kappa shape index (κ2) is 9.74. The zero-order chi connectivity index (χ0) is 20.6. The van der Waals surface area contributed by atoms with Crippen LogP contribution in [0.1, 0.15) is 29.5 Å². The first-order chi connectivity index (χ1) is 14.1. The highest BCUT2D eigenvalue weighted by Crippen LogP contribution is 2.23. The van der Waals surface area contributed by atoms with Crippen LogP contribution in [0.3, 0.4) is 0 Å². The number of hydrogen-bond donors (Lipinski definition) is 1. The number of carbonyl (C=O) groups excluding carboxylic acids is 1. The Balaban J connectivity index is 1.61. The lowest BCUT2D eigenvalue weighted by atomic mass is 10.0. The monoisotopic (exact) mass is 385 g/mol. The number of hydrogen-bond acceptors (Lipinski definition) is 2. The average molecular weight is 386 g/mol. The maximum Gasteiger partial charge on any atom is 0.227 e. The summed E-state index contributed by atoms with van der Waals surface area (Å²) in [5.74, 6) is 0.565. The smallest absolute Gasteiger partial charge is 0.227 e. The van der Waals surface area contributed by atoms with Crippen molar-refractivity contribution >= 4 is 5.91 Å². The molecule has 0 spiro atoms. The molecule has 148 valence electrons. The van der Waals surface area contributed by atoms with Gasteiger partial charge in [0.25, 0.3) is 0 Å². The Morgan fingerprint density at radius 1 is 1.03 bits per heavy atom. The summed E-state index contributed by atoms with van der Waals surface area (Å²) in [5, 5.41) is 2.83. The summed E-state index contributed by atoms with van der Waals surface area (Å²) in [4.78, 5) is 12.1. The normalized spacial score (nSPS) is 11.5. The molecular formula is C26H27NO2. The molecule has 0 aliphatic rings. The molecule has 0 bridgehead atoms. The topological polar surface area (TPSA) is 38.3 Å². The van der Waals surface area contributed by atoms with Crippen molar-refractivity contribution in [3.05, 3.63) is 102 Å². The fourth-order valence-corrected chi connectivity index (χ4v) is 3.08. The van der Waals surface area contributed by atoms with Gasteiger partial charge in [-0.05, 0) is 54.3 Å². The van der Waals surface area contributed by atoms with Crippen LogP contribution in [-0.2, 0) is 11.4 Å². The van der Waals surface area contributed by atoms with Crippen molar-refractivity contribution in [3.8, 4) is 16.9 Å². The van der Waals surface area contributed by atoms with Crippen molar-refractivity contribution in [2.24, 2.45) is 0 Å². The minimum absolute atomic E-state index is 0.00788. The summed E-state index contributed by atoms with van der Waals surface area (Å²) in [7, 11) is 0. The average Bonchev–Trinajstić information content (AvgIpc) is 2.76. The fraction of sp³-hybridized carbons (Fsp3) is 0.192. The van der Waals surface area contributed by atoms with Crippen molar-refractivity contribution in [2.45, 2.75) is 26.4 Å². The van der Waals surface area contributed by atoms with Gasteiger partial charge in [0.15, 0.2) is 0 Å². The van der Waals surface area contributed by atoms with Crippen LogP contribution in [0.25, 0.3) is 11.1 Å². The molecule has 1 N–H and O–H groups in total. The van der Waals surface area contributed by atoms with Gasteiger partial charge in [-0.15, -0.1) is 6.58 Å². The number of aryl methyl sites for hydroxylation is 1. The van der Waals surface area contributed by atoms with Gasteiger partial charge < -0.3 is 10.1 Å². The van der Waals surface area contributed by atoms with Crippen LogP contribution < -0.4 is 10.1 Å². The van der Waals surface area contributed by atoms with Crippen LogP contribution >= 0.6 is 0 Å². The highest BCUT2D eigenvalue weighted by atomic mass is 16.5. The van der Waals surface area contributed by atoms with E-state index in [1.165, 1.54) is 16.7 Å². The van der Waals surface area contributed by atoms with Crippen molar-refractivity contribution in [1.82, 2.24) is 5.32 Å². The summed E-state index contributed by atoms with van der Waals surface area (Å²) in [5.41, 5.74) is 5.71. The predicted molar refractivity (Wildman–Crippen MR) is 119 cm³/mol. The molecule has 3 nitrogen and oxygen atoms in total. The molecule has 3 aromatic rings. The van der Waals surface area contributed by atoms with Gasteiger partial charge in [0.2, 0.25) is 5.91 Å². The Morgan fingerprint density at radius 2 is 1.76 bits per heavy atom. The number of nitrogens with one attached hydrogen (secondary N) is 1. The minimum Gasteiger partial charge on any atom is -0.489 e. The molecule has 1 atom stereocenters. The van der Waals surface area contributed by atoms with Crippen LogP contribution in [0.15, 0.2) is 85.5 Å². The summed E-state index contributed by atoms with van der Waals surface area (Å²) in [6.07, 6.45) is 1.68. The minimum atomic E-state index is -0.213. The Bertz CT molecular complexity index is 959. The van der Waals surface area contributed by atoms with Crippen LogP contribution in [-0.4, -0.2) is 12.5 Å². The molecule has 0 aliphatic heterocycles. The lowest BCUT2D eigenvalue weighted by Crippen LogP contribution is -2.27. The van der Waals surface area contributed by atoms with Gasteiger partial charge in [-0.2, -0.15) is 0 Å². The van der Waals surface area contributed by atoms with E-state index in [0.29, 0.717) is 13.2 Å². The predicted octanol–water partition coefficient (Wildman–Crippen LogP) is 5.65. The quantitative estimate of drug-likeness (QED) is 0.509. The molecule has 1 amide bonds. The summed E-state index contributed by atoms with van der Waals surface area (Å²) in [6, 6.07) is 24.6. The molecule has 0 radical (unpaired) electrons. The summed E-state index contributed by atoms with van der Waals surface area (Å²) < 4.78 is 5.95. The highest BCUT2D eigenvalue weighted by Gasteiger charge is 2.14. The van der Waals surface area contributed by atoms with E-state index in [-0.39, 0.29) is 11.8 Å². The van der Waals surface area contributed by atoms with E-state index in [2.05, 4.69) is 67.4 Å². The SMILES string of the molecule is C=CCNC(=O)C(C)c1ccc(OCc2cccc(-c3ccc(C)cc3)c2)cc1. The Labute approximate surface area is 173 Å². The third kappa shape index (κ3) is 5.58. The standard InChI is InChI=1S/C26H27NO2/c1-4-16-27-26(28)20(3)22-12-14-25(15-13-22)29-18-21-6-5-7-24(17-21)23-10-8-19(2)9-11-23/h4-15,17,20H,1,16,18H2,2-3H3,(H,27,28). The third-order valence-electron chi connectivity index (χ3n) is 4.91. The van der Waals surface area contributed by atoms with E-state index >= 15 is 0 Å². The highest BCUT2D eigenvalue weighted by molar-refractivity contribution is 5.83. The fourth-order valence-electron chi connectivity index (χ4n) is 3.08. The number of ether oxygens (including phenoxy) is 1. The zero-order valence-electron chi connectivity index (χ0n) is 17.0. The summed E-state index contributed by atoms with van der Waals surface area (Å²) >= 11 is 0. The first-order valence-corrected chi connectivity index (χ1v) is 9.84. The first-order valence-electron chi connectivity index (χ1n) is 9.84. The largest absolute Gasteiger partial charge is 0.489 e. The number of carbonyl (C=O) groups is 1. The number of rotatable bonds is 8. The zero-order valence-corrected chi connectivity index (χ0v) is 17.0. The molecule has 3 aromatic carbocycles. The molecule has 0 fully saturated rings. The summed E-state index contributed by atoms with van der Waals surface area (Å²) in [6.45, 7) is 8.57. The molecule has 3 rings (SSSR count). The van der Waals surface area contributed by atoms with Crippen LogP contribution in [0.5, 0.6) is 5.75 Å². The molecule has 0 aromatic heterocycles. The van der Waals surface area contributed by atoms with Gasteiger partial charge in [0.05, 0.1) is 5.92 Å². The van der Waals surface area contributed by atoms with Crippen LogP contribution in [0.4, 0.5) is 0 Å². The number of amides is 1. The molecule has 0 aliphatic carbocycles. The Morgan fingerprint density at radius 3 is 2.45 bits per heavy atom. The van der Waals surface area contributed by atoms with Gasteiger partial charge in [-0.1, -0.05) is 66.2 Å². The molecule has 29 heavy (non-hydrogen) atoms. The lowest BCUT2D eigenvalue weighted by Gasteiger charge is -2.13. The Kier molecular flexibility index (Phi) is 6.85. The van der Waals surface area contributed by atoms with E-state index < -0.39 is 0 Å². The first kappa shape index (κ1) is 20.4. The van der Waals surface area contributed by atoms with E-state index in [1.807, 2.05) is 31.2 Å². The molecule has 0 saturated carbocycles. The molecule has 1 unspecified atom stereocenters. The van der Waals surface area contributed by atoms with Crippen molar-refractivity contribution < 1.29 is 9.53 Å². The van der Waals surface area contributed by atoms with Crippen molar-refractivity contribution in [3.63, 3.8) is 0 Å². The Hall–Kier alpha value is -3.33. The van der Waals surface area contributed by atoms with Gasteiger partial charge in [0.1, 0.15) is 12.4 Å². The van der Waals surface area contributed by atoms with Gasteiger partial charge in [-0.25, -0.2) is 0 Å². The molecule has 0 saturated heterocycles. The van der Waals surface area contributed by atoms with E-state index in [4.69, 9.17) is 4.74 Å². The van der Waals surface area contributed by atoms with Gasteiger partial charge in [-0.3, -0.25) is 4.79 Å². The molecule has 0 heterocycles. The van der Waals surface area contributed by atoms with E-state index in [0.717, 1.165) is 16.9 Å². The van der Waals surface area contributed by atoms with E-state index in [9.17, 15) is 4.79 Å². The van der Waals surface area contributed by atoms with Crippen molar-refractivity contribution in [2.75, 3.05) is 6.54 Å². The number of benzene rings is 3. The third-order valence-corrected chi connectivity index (χ3v) is 4.91. The maximum atomic E-state index is 12.1. The van der Waals surface area contributed by atoms with Crippen molar-refractivity contribution in [1.29, 1.82) is 0 Å². The lowest BCUT2D eigenvalue weighted by molar-refractivity contribution is -0.122. The van der Waals surface area contributed by atoms with Gasteiger partial charge in [0, 0.05) is 6.54 Å². The van der Waals surface area contributed by atoms with E-state index in [1.54, 1.807) is 6.08 Å². The second-order valence-electron chi connectivity index (χ2n) is 7.18. The van der Waals surface area contributed by atoms with Gasteiger partial charge >= 0.3 is 0 Å². The second-order valence-corrected chi connectivity index (χ2v) is 7.18. The molecular weight excluding hydrogens is 358 g/mol. The van der Waals surface area contributed by atoms with Crippen LogP contribution in [0.2, 0.25) is 0 Å². The van der Waals surface area contributed by atoms with Crippen LogP contribution in [0, 0.1) is 6.92 Å². The molecule has 3 heteroatoms.